The second-order valence-electron chi connectivity index (χ2n) is 3.89. The summed E-state index contributed by atoms with van der Waals surface area (Å²) >= 11 is 0. The molecule has 0 amide bonds. The molecule has 0 aliphatic rings. The van der Waals surface area contributed by atoms with Gasteiger partial charge in [0, 0.05) is 0 Å². The summed E-state index contributed by atoms with van der Waals surface area (Å²) in [6, 6.07) is 4.17. The lowest BCUT2D eigenvalue weighted by atomic mass is 10.1. The van der Waals surface area contributed by atoms with E-state index in [0.29, 0.717) is 0 Å². The van der Waals surface area contributed by atoms with Crippen molar-refractivity contribution in [3.8, 4) is 0 Å². The van der Waals surface area contributed by atoms with Crippen molar-refractivity contribution in [1.29, 1.82) is 0 Å². The number of anilines is 1. The minimum atomic E-state index is -0.0725. The molecule has 2 heteroatoms. The number of rotatable bonds is 7. The Bertz CT molecular complexity index is 242. The summed E-state index contributed by atoms with van der Waals surface area (Å²) in [5.74, 6) is 2.29. The number of hydrogen-bond donors (Lipinski definition) is 1. The highest BCUT2D eigenvalue weighted by atomic mass is 31.1. The zero-order valence-electron chi connectivity index (χ0n) is 9.21. The molecule has 1 rings (SSSR count). The van der Waals surface area contributed by atoms with Crippen molar-refractivity contribution >= 4 is 13.0 Å². The molecular weight excluding hydrogens is 189 g/mol. The van der Waals surface area contributed by atoms with E-state index in [9.17, 15) is 0 Å². The van der Waals surface area contributed by atoms with Crippen LogP contribution in [0.15, 0.2) is 17.9 Å². The molecule has 1 atom stereocenters. The lowest BCUT2D eigenvalue weighted by Gasteiger charge is -2.01. The molecule has 0 aliphatic carbocycles. The fourth-order valence-electron chi connectivity index (χ4n) is 1.69. The molecular formula is C12H22NP. The van der Waals surface area contributed by atoms with Crippen molar-refractivity contribution < 1.29 is 0 Å². The fraction of sp³-hybridized carbons (Fsp3) is 0.667. The van der Waals surface area contributed by atoms with Gasteiger partial charge in [0.1, 0.15) is 0 Å². The molecule has 0 fully saturated rings. The average Bonchev–Trinajstić information content (AvgIpc) is 2.58. The molecule has 0 saturated carbocycles. The Hall–Kier alpha value is -0.420. The minimum Gasteiger partial charge on any atom is -0.396 e. The summed E-state index contributed by atoms with van der Waals surface area (Å²) in [7, 11) is -0.0725. The summed E-state index contributed by atoms with van der Waals surface area (Å²) in [5, 5.41) is 0. The van der Waals surface area contributed by atoms with Crippen LogP contribution in [0.5, 0.6) is 0 Å². The van der Waals surface area contributed by atoms with Crippen LogP contribution in [-0.4, -0.2) is 0 Å². The van der Waals surface area contributed by atoms with Crippen molar-refractivity contribution in [3.63, 3.8) is 0 Å². The number of aryl methyl sites for hydroxylation is 1. The van der Waals surface area contributed by atoms with Gasteiger partial charge in [0.25, 0.3) is 0 Å². The Balaban J connectivity index is 2.02. The molecule has 0 spiro atoms. The molecule has 0 aliphatic heterocycles. The van der Waals surface area contributed by atoms with Crippen LogP contribution in [-0.2, 0) is 6.16 Å². The molecule has 0 saturated heterocycles. The Morgan fingerprint density at radius 2 is 1.86 bits per heavy atom. The largest absolute Gasteiger partial charge is 0.396 e. The molecule has 0 aromatic carbocycles. The maximum Gasteiger partial charge on any atom is 0.0508 e. The minimum absolute atomic E-state index is 0.0725. The highest BCUT2D eigenvalue weighted by Crippen LogP contribution is 2.38. The molecule has 14 heavy (non-hydrogen) atoms. The molecule has 2 N–H and O–H groups in total. The van der Waals surface area contributed by atoms with Gasteiger partial charge >= 0.3 is 0 Å². The van der Waals surface area contributed by atoms with Crippen LogP contribution in [0.25, 0.3) is 0 Å². The molecule has 80 valence electrons. The van der Waals surface area contributed by atoms with E-state index in [1.165, 1.54) is 44.7 Å². The topological polar surface area (TPSA) is 26.0 Å². The van der Waals surface area contributed by atoms with Crippen LogP contribution in [0.1, 0.15) is 45.4 Å². The quantitative estimate of drug-likeness (QED) is 0.654. The monoisotopic (exact) mass is 211 g/mol. The Kier molecular flexibility index (Phi) is 5.78. The van der Waals surface area contributed by atoms with E-state index in [0.717, 1.165) is 5.42 Å². The first kappa shape index (κ1) is 11.7. The van der Waals surface area contributed by atoms with Crippen molar-refractivity contribution in [2.24, 2.45) is 0 Å². The van der Waals surface area contributed by atoms with Crippen LogP contribution in [0.4, 0.5) is 5.42 Å². The molecule has 1 aromatic heterocycles. The molecule has 1 aromatic rings. The summed E-state index contributed by atoms with van der Waals surface area (Å²) in [5.41, 5.74) is 6.99. The number of unbranched alkanes of at least 4 members (excludes halogenated alkanes) is 5. The molecule has 1 heterocycles. The normalized spacial score (nSPS) is 11.9. The maximum atomic E-state index is 5.87. The molecule has 0 radical (unpaired) electrons. The van der Waals surface area contributed by atoms with Gasteiger partial charge in [-0.25, -0.2) is 0 Å². The predicted molar refractivity (Wildman–Crippen MR) is 66.9 cm³/mol. The van der Waals surface area contributed by atoms with Crippen LogP contribution in [0.2, 0.25) is 0 Å². The summed E-state index contributed by atoms with van der Waals surface area (Å²) in [6.45, 7) is 2.26. The molecule has 1 nitrogen and oxygen atoms in total. The van der Waals surface area contributed by atoms with Gasteiger partial charge in [0.2, 0.25) is 0 Å². The Morgan fingerprint density at radius 3 is 2.50 bits per heavy atom. The van der Waals surface area contributed by atoms with E-state index < -0.39 is 0 Å². The van der Waals surface area contributed by atoms with Crippen molar-refractivity contribution in [1.82, 2.24) is 0 Å². The van der Waals surface area contributed by atoms with Crippen molar-refractivity contribution in [2.45, 2.75) is 51.6 Å². The summed E-state index contributed by atoms with van der Waals surface area (Å²) < 4.78 is 0. The van der Waals surface area contributed by atoms with Crippen molar-refractivity contribution in [3.05, 3.63) is 17.9 Å². The standard InChI is InChI=1S/C12H22NP/c1-2-3-4-5-6-7-10-14-11-8-9-12(14)13/h8-9,11H,2-7,10,13H2,1H3. The second-order valence-corrected chi connectivity index (χ2v) is 6.10. The highest BCUT2D eigenvalue weighted by Gasteiger charge is 1.97. The maximum absolute atomic E-state index is 5.87. The smallest absolute Gasteiger partial charge is 0.0508 e. The zero-order valence-corrected chi connectivity index (χ0v) is 10.1. The average molecular weight is 211 g/mol. The van der Waals surface area contributed by atoms with Gasteiger partial charge in [-0.05, 0) is 24.4 Å². The van der Waals surface area contributed by atoms with E-state index in [-0.39, 0.29) is 7.53 Å². The third-order valence-corrected chi connectivity index (χ3v) is 4.76. The summed E-state index contributed by atoms with van der Waals surface area (Å²) in [6.07, 6.45) is 9.61. The van der Waals surface area contributed by atoms with E-state index in [4.69, 9.17) is 5.73 Å². The number of hydrogen-bond acceptors (Lipinski definition) is 1. The molecule has 1 unspecified atom stereocenters. The first-order chi connectivity index (χ1) is 6.84. The van der Waals surface area contributed by atoms with E-state index in [2.05, 4.69) is 24.9 Å². The van der Waals surface area contributed by atoms with Gasteiger partial charge in [-0.2, -0.15) is 0 Å². The van der Waals surface area contributed by atoms with Crippen LogP contribution < -0.4 is 5.73 Å². The van der Waals surface area contributed by atoms with Crippen LogP contribution >= 0.6 is 7.53 Å². The van der Waals surface area contributed by atoms with E-state index in [1.807, 2.05) is 0 Å². The highest BCUT2D eigenvalue weighted by molar-refractivity contribution is 7.52. The first-order valence-corrected chi connectivity index (χ1v) is 7.35. The van der Waals surface area contributed by atoms with E-state index >= 15 is 0 Å². The Morgan fingerprint density at radius 1 is 1.14 bits per heavy atom. The van der Waals surface area contributed by atoms with Crippen LogP contribution in [0, 0.1) is 0 Å². The van der Waals surface area contributed by atoms with Crippen molar-refractivity contribution in [2.75, 3.05) is 5.73 Å². The van der Waals surface area contributed by atoms with Gasteiger partial charge < -0.3 is 5.73 Å². The summed E-state index contributed by atoms with van der Waals surface area (Å²) in [4.78, 5) is 0. The van der Waals surface area contributed by atoms with Gasteiger partial charge in [0.15, 0.2) is 0 Å². The van der Waals surface area contributed by atoms with Gasteiger partial charge in [-0.3, -0.25) is 0 Å². The van der Waals surface area contributed by atoms with Gasteiger partial charge in [-0.1, -0.05) is 45.1 Å². The lowest BCUT2D eigenvalue weighted by molar-refractivity contribution is 0.619. The van der Waals surface area contributed by atoms with Gasteiger partial charge in [-0.15, -0.1) is 7.53 Å². The predicted octanol–water partition coefficient (Wildman–Crippen LogP) is 4.62. The number of nitrogen functional groups attached to an aromatic ring is 1. The Labute approximate surface area is 88.8 Å². The SMILES string of the molecule is CCCCCCCCp1cccc1N. The molecule has 0 bridgehead atoms. The second kappa shape index (κ2) is 6.95. The third kappa shape index (κ3) is 4.19. The first-order valence-electron chi connectivity index (χ1n) is 5.75. The fourth-order valence-corrected chi connectivity index (χ4v) is 3.41. The third-order valence-electron chi connectivity index (χ3n) is 2.62. The van der Waals surface area contributed by atoms with Crippen LogP contribution in [0.3, 0.4) is 0 Å². The lowest BCUT2D eigenvalue weighted by Crippen LogP contribution is -1.81. The zero-order chi connectivity index (χ0) is 10.2. The van der Waals surface area contributed by atoms with Gasteiger partial charge in [0.05, 0.1) is 5.42 Å². The van der Waals surface area contributed by atoms with E-state index in [1.54, 1.807) is 0 Å². The number of nitrogens with two attached hydrogens (primary N) is 1.